The Bertz CT molecular complexity index is 620. The van der Waals surface area contributed by atoms with Gasteiger partial charge in [-0.15, -0.1) is 0 Å². The van der Waals surface area contributed by atoms with Crippen LogP contribution in [0.2, 0.25) is 5.22 Å². The van der Waals surface area contributed by atoms with E-state index < -0.39 is 0 Å². The van der Waals surface area contributed by atoms with Crippen LogP contribution < -0.4 is 0 Å². The first-order valence-electron chi connectivity index (χ1n) is 7.37. The highest BCUT2D eigenvalue weighted by Crippen LogP contribution is 2.23. The third kappa shape index (κ3) is 3.14. The smallest absolute Gasteiger partial charge is 0.229 e. The molecule has 0 bridgehead atoms. The molecule has 0 spiro atoms. The Labute approximate surface area is 133 Å². The molecule has 1 saturated heterocycles. The fourth-order valence-electron chi connectivity index (χ4n) is 2.83. The summed E-state index contributed by atoms with van der Waals surface area (Å²) >= 11 is 5.93. The Kier molecular flexibility index (Phi) is 4.42. The lowest BCUT2D eigenvalue weighted by Gasteiger charge is -2.32. The van der Waals surface area contributed by atoms with Gasteiger partial charge in [-0.25, -0.2) is 9.67 Å². The number of aromatic nitrogens is 4. The molecule has 0 saturated carbocycles. The molecule has 0 aromatic carbocycles. The highest BCUT2D eigenvalue weighted by atomic mass is 35.5. The third-order valence-corrected chi connectivity index (χ3v) is 4.38. The molecule has 0 N–H and O–H groups in total. The topological polar surface area (TPSA) is 77.0 Å². The summed E-state index contributed by atoms with van der Waals surface area (Å²) in [5, 5.41) is 8.26. The first-order valence-corrected chi connectivity index (χ1v) is 7.75. The number of aryl methyl sites for hydroxylation is 1. The predicted octanol–water partition coefficient (Wildman–Crippen LogP) is 2.02. The monoisotopic (exact) mass is 323 g/mol. The van der Waals surface area contributed by atoms with Gasteiger partial charge in [0.25, 0.3) is 0 Å². The summed E-state index contributed by atoms with van der Waals surface area (Å²) in [6.07, 6.45) is 6.19. The van der Waals surface area contributed by atoms with Crippen LogP contribution in [0.3, 0.4) is 0 Å². The van der Waals surface area contributed by atoms with Crippen molar-refractivity contribution in [3.05, 3.63) is 29.1 Å². The van der Waals surface area contributed by atoms with Crippen molar-refractivity contribution in [2.75, 3.05) is 13.1 Å². The minimum Gasteiger partial charge on any atom is -0.344 e. The van der Waals surface area contributed by atoms with Crippen molar-refractivity contribution in [1.82, 2.24) is 24.8 Å². The first kappa shape index (κ1) is 15.0. The molecule has 1 aliphatic rings. The van der Waals surface area contributed by atoms with Gasteiger partial charge in [0.15, 0.2) is 0 Å². The van der Waals surface area contributed by atoms with E-state index in [1.165, 1.54) is 6.33 Å². The Morgan fingerprint density at radius 1 is 1.55 bits per heavy atom. The number of hydrogen-bond acceptors (Lipinski definition) is 5. The maximum Gasteiger partial charge on any atom is 0.229 e. The molecular weight excluding hydrogens is 306 g/mol. The second kappa shape index (κ2) is 6.48. The third-order valence-electron chi connectivity index (χ3n) is 4.09. The largest absolute Gasteiger partial charge is 0.344 e. The second-order valence-electron chi connectivity index (χ2n) is 5.53. The molecule has 1 aliphatic heterocycles. The average Bonchev–Trinajstić information content (AvgIpc) is 3.16. The van der Waals surface area contributed by atoms with Crippen LogP contribution in [0.15, 0.2) is 17.2 Å². The van der Waals surface area contributed by atoms with E-state index in [1.54, 1.807) is 6.33 Å². The van der Waals surface area contributed by atoms with Crippen molar-refractivity contribution in [2.45, 2.75) is 38.6 Å². The molecule has 3 heterocycles. The van der Waals surface area contributed by atoms with Gasteiger partial charge in [-0.05, 0) is 37.8 Å². The molecule has 22 heavy (non-hydrogen) atoms. The van der Waals surface area contributed by atoms with Crippen LogP contribution >= 0.6 is 11.6 Å². The van der Waals surface area contributed by atoms with Crippen molar-refractivity contribution < 1.29 is 9.32 Å². The number of amides is 1. The summed E-state index contributed by atoms with van der Waals surface area (Å²) in [4.78, 5) is 18.3. The zero-order chi connectivity index (χ0) is 15.5. The average molecular weight is 324 g/mol. The molecule has 1 amide bonds. The number of halogens is 1. The van der Waals surface area contributed by atoms with E-state index in [0.717, 1.165) is 30.6 Å². The minimum absolute atomic E-state index is 0.126. The van der Waals surface area contributed by atoms with Gasteiger partial charge in [0.2, 0.25) is 11.1 Å². The van der Waals surface area contributed by atoms with Crippen molar-refractivity contribution in [2.24, 2.45) is 0 Å². The zero-order valence-corrected chi connectivity index (χ0v) is 13.2. The van der Waals surface area contributed by atoms with Gasteiger partial charge in [0.1, 0.15) is 12.7 Å². The Morgan fingerprint density at radius 2 is 2.41 bits per heavy atom. The summed E-state index contributed by atoms with van der Waals surface area (Å²) in [6, 6.07) is 0.209. The lowest BCUT2D eigenvalue weighted by Crippen LogP contribution is -2.41. The molecule has 118 valence electrons. The molecule has 3 rings (SSSR count). The number of rotatable bonds is 4. The van der Waals surface area contributed by atoms with E-state index in [0.29, 0.717) is 19.4 Å². The number of likely N-dealkylation sites (tertiary alicyclic amines) is 1. The molecular formula is C14H18ClN5O2. The summed E-state index contributed by atoms with van der Waals surface area (Å²) in [5.74, 6) is 0.126. The van der Waals surface area contributed by atoms with Crippen molar-refractivity contribution in [3.8, 4) is 0 Å². The van der Waals surface area contributed by atoms with Crippen LogP contribution in [0.5, 0.6) is 0 Å². The van der Waals surface area contributed by atoms with Crippen LogP contribution in [0, 0.1) is 6.92 Å². The fourth-order valence-corrected chi connectivity index (χ4v) is 3.10. The standard InChI is InChI=1S/C14H18ClN5O2/c1-10-12(14(15)22-18-10)4-5-13(21)19-6-2-3-11(7-19)20-9-16-8-17-20/h8-9,11H,2-7H2,1H3/t11-/m1/s1. The summed E-state index contributed by atoms with van der Waals surface area (Å²) in [7, 11) is 0. The minimum atomic E-state index is 0.126. The SMILES string of the molecule is Cc1noc(Cl)c1CCC(=O)N1CCC[C@@H](n2cncn2)C1. The lowest BCUT2D eigenvalue weighted by atomic mass is 10.0. The molecule has 2 aromatic heterocycles. The van der Waals surface area contributed by atoms with Crippen LogP contribution in [-0.4, -0.2) is 43.8 Å². The number of hydrogen-bond donors (Lipinski definition) is 0. The van der Waals surface area contributed by atoms with Crippen molar-refractivity contribution in [3.63, 3.8) is 0 Å². The molecule has 0 aliphatic carbocycles. The van der Waals surface area contributed by atoms with Crippen LogP contribution in [0.4, 0.5) is 0 Å². The van der Waals surface area contributed by atoms with Gasteiger partial charge in [-0.3, -0.25) is 4.79 Å². The maximum absolute atomic E-state index is 12.4. The van der Waals surface area contributed by atoms with Crippen molar-refractivity contribution in [1.29, 1.82) is 0 Å². The Balaban J connectivity index is 1.58. The second-order valence-corrected chi connectivity index (χ2v) is 5.87. The first-order chi connectivity index (χ1) is 10.6. The summed E-state index contributed by atoms with van der Waals surface area (Å²) < 4.78 is 6.74. The number of carbonyl (C=O) groups is 1. The fraction of sp³-hybridized carbons (Fsp3) is 0.571. The van der Waals surface area contributed by atoms with Gasteiger partial charge in [-0.1, -0.05) is 5.16 Å². The number of carbonyl (C=O) groups excluding carboxylic acids is 1. The molecule has 8 heteroatoms. The molecule has 7 nitrogen and oxygen atoms in total. The van der Waals surface area contributed by atoms with E-state index in [2.05, 4.69) is 15.2 Å². The van der Waals surface area contributed by atoms with Crippen LogP contribution in [-0.2, 0) is 11.2 Å². The van der Waals surface area contributed by atoms with Crippen LogP contribution in [0.25, 0.3) is 0 Å². The maximum atomic E-state index is 12.4. The van der Waals surface area contributed by atoms with E-state index >= 15 is 0 Å². The predicted molar refractivity (Wildman–Crippen MR) is 79.4 cm³/mol. The summed E-state index contributed by atoms with van der Waals surface area (Å²) in [6.45, 7) is 3.30. The molecule has 1 atom stereocenters. The van der Waals surface area contributed by atoms with Gasteiger partial charge < -0.3 is 9.42 Å². The lowest BCUT2D eigenvalue weighted by molar-refractivity contribution is -0.132. The van der Waals surface area contributed by atoms with Gasteiger partial charge in [0.05, 0.1) is 11.7 Å². The van der Waals surface area contributed by atoms with E-state index in [9.17, 15) is 4.79 Å². The summed E-state index contributed by atoms with van der Waals surface area (Å²) in [5.41, 5.74) is 1.57. The van der Waals surface area contributed by atoms with Gasteiger partial charge >= 0.3 is 0 Å². The number of nitrogens with zero attached hydrogens (tertiary/aromatic N) is 5. The van der Waals surface area contributed by atoms with E-state index in [-0.39, 0.29) is 17.2 Å². The highest BCUT2D eigenvalue weighted by Gasteiger charge is 2.25. The highest BCUT2D eigenvalue weighted by molar-refractivity contribution is 6.29. The molecule has 1 fully saturated rings. The molecule has 2 aromatic rings. The van der Waals surface area contributed by atoms with Gasteiger partial charge in [0, 0.05) is 25.1 Å². The number of piperidine rings is 1. The van der Waals surface area contributed by atoms with Gasteiger partial charge in [-0.2, -0.15) is 5.10 Å². The van der Waals surface area contributed by atoms with Crippen LogP contribution in [0.1, 0.15) is 36.6 Å². The molecule has 0 unspecified atom stereocenters. The Hall–Kier alpha value is -1.89. The van der Waals surface area contributed by atoms with E-state index in [1.807, 2.05) is 16.5 Å². The Morgan fingerprint density at radius 3 is 3.09 bits per heavy atom. The molecule has 0 radical (unpaired) electrons. The normalized spacial score (nSPS) is 18.6. The zero-order valence-electron chi connectivity index (χ0n) is 12.4. The quantitative estimate of drug-likeness (QED) is 0.860. The van der Waals surface area contributed by atoms with E-state index in [4.69, 9.17) is 16.1 Å². The van der Waals surface area contributed by atoms with Crippen molar-refractivity contribution >= 4 is 17.5 Å².